The first-order valence-electron chi connectivity index (χ1n) is 10.6. The van der Waals surface area contributed by atoms with Crippen LogP contribution in [0.4, 0.5) is 0 Å². The smallest absolute Gasteiger partial charge is 0.232 e. The fraction of sp³-hybridized carbons (Fsp3) is 0.320. The maximum atomic E-state index is 12.6. The van der Waals surface area contributed by atoms with Crippen LogP contribution in [-0.2, 0) is 11.2 Å². The minimum Gasteiger partial charge on any atom is -0.497 e. The molecule has 0 aliphatic carbocycles. The largest absolute Gasteiger partial charge is 0.497 e. The van der Waals surface area contributed by atoms with Crippen LogP contribution in [0.1, 0.15) is 18.4 Å². The molecule has 0 unspecified atom stereocenters. The molecule has 2 aromatic carbocycles. The van der Waals surface area contributed by atoms with Gasteiger partial charge in [0.2, 0.25) is 5.91 Å². The van der Waals surface area contributed by atoms with E-state index >= 15 is 0 Å². The van der Waals surface area contributed by atoms with Crippen molar-refractivity contribution in [2.45, 2.75) is 24.3 Å². The number of thioether (sulfide) groups is 1. The van der Waals surface area contributed by atoms with Crippen molar-refractivity contribution in [2.24, 2.45) is 5.92 Å². The number of hydrogen-bond donors (Lipinski definition) is 0. The molecule has 0 radical (unpaired) electrons. The van der Waals surface area contributed by atoms with E-state index in [0.717, 1.165) is 54.4 Å². The van der Waals surface area contributed by atoms with Crippen molar-refractivity contribution in [2.75, 3.05) is 26.0 Å². The Morgan fingerprint density at radius 2 is 1.74 bits per heavy atom. The lowest BCUT2D eigenvalue weighted by molar-refractivity contribution is -0.129. The molecular formula is C25H27N3O2S. The Hall–Kier alpha value is -2.86. The highest BCUT2D eigenvalue weighted by Crippen LogP contribution is 2.24. The van der Waals surface area contributed by atoms with Crippen molar-refractivity contribution in [1.82, 2.24) is 15.1 Å². The molecule has 5 nitrogen and oxygen atoms in total. The topological polar surface area (TPSA) is 55.3 Å². The summed E-state index contributed by atoms with van der Waals surface area (Å²) in [5, 5.41) is 9.36. The number of methoxy groups -OCH3 is 1. The van der Waals surface area contributed by atoms with Gasteiger partial charge in [0.25, 0.3) is 0 Å². The highest BCUT2D eigenvalue weighted by molar-refractivity contribution is 7.99. The van der Waals surface area contributed by atoms with Gasteiger partial charge in [-0.3, -0.25) is 4.79 Å². The van der Waals surface area contributed by atoms with Crippen LogP contribution in [0.5, 0.6) is 5.75 Å². The molecule has 3 aromatic rings. The summed E-state index contributed by atoms with van der Waals surface area (Å²) < 4.78 is 5.19. The van der Waals surface area contributed by atoms with Gasteiger partial charge in [0.05, 0.1) is 18.6 Å². The number of carbonyl (C=O) groups excluding carboxylic acids is 1. The van der Waals surface area contributed by atoms with Gasteiger partial charge in [0.15, 0.2) is 0 Å². The Bertz CT molecular complexity index is 970. The fourth-order valence-electron chi connectivity index (χ4n) is 3.87. The van der Waals surface area contributed by atoms with E-state index in [9.17, 15) is 4.79 Å². The summed E-state index contributed by atoms with van der Waals surface area (Å²) in [5.74, 6) is 2.06. The minimum absolute atomic E-state index is 0.184. The molecule has 1 fully saturated rings. The fourth-order valence-corrected chi connectivity index (χ4v) is 4.59. The summed E-state index contributed by atoms with van der Waals surface area (Å²) in [5.41, 5.74) is 3.18. The number of hydrogen-bond acceptors (Lipinski definition) is 5. The van der Waals surface area contributed by atoms with E-state index in [0.29, 0.717) is 11.7 Å². The number of likely N-dealkylation sites (tertiary alicyclic amines) is 1. The quantitative estimate of drug-likeness (QED) is 0.505. The van der Waals surface area contributed by atoms with Crippen molar-refractivity contribution in [3.63, 3.8) is 0 Å². The minimum atomic E-state index is 0.184. The zero-order valence-corrected chi connectivity index (χ0v) is 18.6. The third kappa shape index (κ3) is 5.85. The molecule has 1 aromatic heterocycles. The Kier molecular flexibility index (Phi) is 7.20. The summed E-state index contributed by atoms with van der Waals surface area (Å²) in [7, 11) is 1.65. The number of aromatic nitrogens is 2. The highest BCUT2D eigenvalue weighted by Gasteiger charge is 2.23. The van der Waals surface area contributed by atoms with Crippen molar-refractivity contribution >= 4 is 17.7 Å². The van der Waals surface area contributed by atoms with Crippen molar-refractivity contribution in [3.8, 4) is 17.0 Å². The number of amides is 1. The lowest BCUT2D eigenvalue weighted by Gasteiger charge is -2.32. The zero-order chi connectivity index (χ0) is 21.5. The van der Waals surface area contributed by atoms with Crippen LogP contribution >= 0.6 is 11.8 Å². The molecule has 0 saturated carbocycles. The van der Waals surface area contributed by atoms with E-state index in [1.807, 2.05) is 41.3 Å². The van der Waals surface area contributed by atoms with Gasteiger partial charge in [0, 0.05) is 18.7 Å². The van der Waals surface area contributed by atoms with Gasteiger partial charge in [-0.05, 0) is 67.1 Å². The molecule has 160 valence electrons. The van der Waals surface area contributed by atoms with Gasteiger partial charge < -0.3 is 9.64 Å². The van der Waals surface area contributed by atoms with Crippen molar-refractivity contribution in [3.05, 3.63) is 72.3 Å². The average molecular weight is 434 g/mol. The molecule has 1 saturated heterocycles. The predicted octanol–water partition coefficient (Wildman–Crippen LogP) is 4.73. The van der Waals surface area contributed by atoms with Gasteiger partial charge in [-0.15, -0.1) is 10.2 Å². The lowest BCUT2D eigenvalue weighted by atomic mass is 9.90. The second-order valence-corrected chi connectivity index (χ2v) is 8.78. The summed E-state index contributed by atoms with van der Waals surface area (Å²) in [4.78, 5) is 14.6. The molecule has 4 rings (SSSR count). The summed E-state index contributed by atoms with van der Waals surface area (Å²) in [6.45, 7) is 1.69. The number of nitrogens with zero attached hydrogens (tertiary/aromatic N) is 3. The molecule has 0 N–H and O–H groups in total. The van der Waals surface area contributed by atoms with E-state index in [2.05, 4.69) is 40.5 Å². The number of ether oxygens (including phenoxy) is 1. The number of benzene rings is 2. The monoisotopic (exact) mass is 433 g/mol. The van der Waals surface area contributed by atoms with Crippen LogP contribution < -0.4 is 4.74 Å². The molecule has 6 heteroatoms. The average Bonchev–Trinajstić information content (AvgIpc) is 2.84. The predicted molar refractivity (Wildman–Crippen MR) is 124 cm³/mol. The van der Waals surface area contributed by atoms with Crippen LogP contribution in [0.3, 0.4) is 0 Å². The highest BCUT2D eigenvalue weighted by atomic mass is 32.2. The normalized spacial score (nSPS) is 14.4. The van der Waals surface area contributed by atoms with Crippen molar-refractivity contribution in [1.29, 1.82) is 0 Å². The van der Waals surface area contributed by atoms with Gasteiger partial charge in [-0.2, -0.15) is 0 Å². The third-order valence-electron chi connectivity index (χ3n) is 5.70. The maximum Gasteiger partial charge on any atom is 0.232 e. The summed E-state index contributed by atoms with van der Waals surface area (Å²) in [6.07, 6.45) is 3.25. The van der Waals surface area contributed by atoms with Gasteiger partial charge in [0.1, 0.15) is 10.8 Å². The van der Waals surface area contributed by atoms with Crippen LogP contribution in [0.2, 0.25) is 0 Å². The molecule has 0 atom stereocenters. The standard InChI is InChI=1S/C25H27N3O2S/c1-30-22-9-7-21(8-10-22)23-11-12-24(27-26-23)31-18-25(29)28-15-13-20(14-16-28)17-19-5-3-2-4-6-19/h2-12,20H,13-18H2,1H3. The van der Waals surface area contributed by atoms with Gasteiger partial charge >= 0.3 is 0 Å². The van der Waals surface area contributed by atoms with Crippen LogP contribution in [0.15, 0.2) is 71.8 Å². The molecule has 1 amide bonds. The molecule has 1 aliphatic rings. The maximum absolute atomic E-state index is 12.6. The molecule has 31 heavy (non-hydrogen) atoms. The van der Waals surface area contributed by atoms with Gasteiger partial charge in [-0.1, -0.05) is 42.1 Å². The third-order valence-corrected chi connectivity index (χ3v) is 6.61. The zero-order valence-electron chi connectivity index (χ0n) is 17.7. The number of rotatable bonds is 7. The Morgan fingerprint density at radius 3 is 2.39 bits per heavy atom. The van der Waals surface area contributed by atoms with E-state index in [-0.39, 0.29) is 5.91 Å². The van der Waals surface area contributed by atoms with Crippen LogP contribution in [-0.4, -0.2) is 47.0 Å². The molecule has 1 aliphatic heterocycles. The lowest BCUT2D eigenvalue weighted by Crippen LogP contribution is -2.39. The first-order valence-corrected chi connectivity index (χ1v) is 11.6. The van der Waals surface area contributed by atoms with E-state index in [4.69, 9.17) is 4.74 Å². The van der Waals surface area contributed by atoms with Crippen LogP contribution in [0, 0.1) is 5.92 Å². The number of piperidine rings is 1. The summed E-state index contributed by atoms with van der Waals surface area (Å²) in [6, 6.07) is 22.2. The molecular weight excluding hydrogens is 406 g/mol. The van der Waals surface area contributed by atoms with E-state index in [1.165, 1.54) is 17.3 Å². The van der Waals surface area contributed by atoms with E-state index in [1.54, 1.807) is 7.11 Å². The first-order chi connectivity index (χ1) is 15.2. The Balaban J connectivity index is 1.23. The molecule has 0 spiro atoms. The molecule has 2 heterocycles. The molecule has 0 bridgehead atoms. The van der Waals surface area contributed by atoms with E-state index < -0.39 is 0 Å². The van der Waals surface area contributed by atoms with Crippen molar-refractivity contribution < 1.29 is 9.53 Å². The van der Waals surface area contributed by atoms with Crippen LogP contribution in [0.25, 0.3) is 11.3 Å². The Labute approximate surface area is 187 Å². The second-order valence-electron chi connectivity index (χ2n) is 7.79. The first kappa shape index (κ1) is 21.4. The van der Waals surface area contributed by atoms with Gasteiger partial charge in [-0.25, -0.2) is 0 Å². The number of carbonyl (C=O) groups is 1. The second kappa shape index (κ2) is 10.4. The SMILES string of the molecule is COc1ccc(-c2ccc(SCC(=O)N3CCC(Cc4ccccc4)CC3)nn2)cc1. The summed E-state index contributed by atoms with van der Waals surface area (Å²) >= 11 is 1.45. The Morgan fingerprint density at radius 1 is 1.00 bits per heavy atom.